The van der Waals surface area contributed by atoms with Gasteiger partial charge in [0.15, 0.2) is 6.61 Å². The Hall–Kier alpha value is -1.75. The smallest absolute Gasteiger partial charge is 0.277 e. The van der Waals surface area contributed by atoms with Gasteiger partial charge in [-0.2, -0.15) is 5.10 Å². The molecule has 0 atom stereocenters. The van der Waals surface area contributed by atoms with Gasteiger partial charge in [0.05, 0.1) is 10.7 Å². The van der Waals surface area contributed by atoms with E-state index >= 15 is 0 Å². The molecule has 0 aromatic heterocycles. The highest BCUT2D eigenvalue weighted by molar-refractivity contribution is 6.34. The summed E-state index contributed by atoms with van der Waals surface area (Å²) < 4.78 is 5.32. The Labute approximate surface area is 149 Å². The molecule has 23 heavy (non-hydrogen) atoms. The quantitative estimate of drug-likeness (QED) is 0.618. The number of rotatable bonds is 5. The lowest BCUT2D eigenvalue weighted by atomic mass is 10.1. The Balaban J connectivity index is 1.90. The Morgan fingerprint density at radius 1 is 1.09 bits per heavy atom. The van der Waals surface area contributed by atoms with Crippen LogP contribution in [0.2, 0.25) is 15.1 Å². The van der Waals surface area contributed by atoms with Crippen molar-refractivity contribution in [3.63, 3.8) is 0 Å². The second-order valence-corrected chi connectivity index (χ2v) is 5.88. The monoisotopic (exact) mass is 370 g/mol. The van der Waals surface area contributed by atoms with E-state index < -0.39 is 5.91 Å². The van der Waals surface area contributed by atoms with Gasteiger partial charge in [0.25, 0.3) is 5.91 Å². The lowest BCUT2D eigenvalue weighted by Crippen LogP contribution is -2.25. The van der Waals surface area contributed by atoms with Crippen LogP contribution >= 0.6 is 34.8 Å². The molecule has 1 N–H and O–H groups in total. The van der Waals surface area contributed by atoms with E-state index in [1.165, 1.54) is 0 Å². The first kappa shape index (κ1) is 17.6. The van der Waals surface area contributed by atoms with Crippen LogP contribution in [-0.2, 0) is 4.79 Å². The third-order valence-electron chi connectivity index (χ3n) is 2.86. The number of ether oxygens (including phenoxy) is 1. The van der Waals surface area contributed by atoms with Crippen LogP contribution in [0.5, 0.6) is 5.75 Å². The van der Waals surface area contributed by atoms with Gasteiger partial charge in [-0.25, -0.2) is 5.43 Å². The van der Waals surface area contributed by atoms with E-state index in [-0.39, 0.29) is 6.61 Å². The van der Waals surface area contributed by atoms with E-state index in [1.807, 2.05) is 12.1 Å². The fraction of sp³-hybridized carbons (Fsp3) is 0.125. The summed E-state index contributed by atoms with van der Waals surface area (Å²) in [5.41, 5.74) is 3.92. The predicted molar refractivity (Wildman–Crippen MR) is 93.8 cm³/mol. The number of halogens is 3. The first-order valence-corrected chi connectivity index (χ1v) is 7.76. The van der Waals surface area contributed by atoms with Crippen molar-refractivity contribution in [2.24, 2.45) is 5.10 Å². The van der Waals surface area contributed by atoms with Gasteiger partial charge in [0.1, 0.15) is 5.75 Å². The Kier molecular flexibility index (Phi) is 6.28. The zero-order valence-corrected chi connectivity index (χ0v) is 14.4. The molecule has 0 radical (unpaired) electrons. The zero-order valence-electron chi connectivity index (χ0n) is 12.1. The maximum atomic E-state index is 11.8. The summed E-state index contributed by atoms with van der Waals surface area (Å²) in [7, 11) is 0. The normalized spacial score (nSPS) is 11.2. The molecule has 0 aliphatic rings. The van der Waals surface area contributed by atoms with Crippen molar-refractivity contribution in [3.8, 4) is 5.75 Å². The summed E-state index contributed by atoms with van der Waals surface area (Å²) in [6, 6.07) is 11.9. The Bertz CT molecular complexity index is 731. The van der Waals surface area contributed by atoms with E-state index in [1.54, 1.807) is 37.3 Å². The van der Waals surface area contributed by atoms with E-state index in [4.69, 9.17) is 39.5 Å². The van der Waals surface area contributed by atoms with Gasteiger partial charge < -0.3 is 4.74 Å². The molecule has 0 aliphatic carbocycles. The van der Waals surface area contributed by atoms with E-state index in [0.717, 1.165) is 5.56 Å². The highest BCUT2D eigenvalue weighted by Crippen LogP contribution is 2.27. The third-order valence-corrected chi connectivity index (χ3v) is 3.66. The summed E-state index contributed by atoms with van der Waals surface area (Å²) in [4.78, 5) is 11.8. The van der Waals surface area contributed by atoms with Crippen LogP contribution in [-0.4, -0.2) is 18.2 Å². The lowest BCUT2D eigenvalue weighted by Gasteiger charge is -2.08. The van der Waals surface area contributed by atoms with Crippen molar-refractivity contribution in [1.29, 1.82) is 0 Å². The fourth-order valence-corrected chi connectivity index (χ4v) is 2.13. The molecule has 120 valence electrons. The molecule has 2 aromatic carbocycles. The van der Waals surface area contributed by atoms with Crippen molar-refractivity contribution < 1.29 is 9.53 Å². The van der Waals surface area contributed by atoms with E-state index in [9.17, 15) is 4.79 Å². The molecule has 0 saturated heterocycles. The van der Waals surface area contributed by atoms with E-state index in [2.05, 4.69) is 10.5 Å². The summed E-state index contributed by atoms with van der Waals surface area (Å²) in [6.07, 6.45) is 0. The van der Waals surface area contributed by atoms with Crippen LogP contribution in [0.3, 0.4) is 0 Å². The average Bonchev–Trinajstić information content (AvgIpc) is 2.54. The molecule has 1 amide bonds. The maximum Gasteiger partial charge on any atom is 0.277 e. The zero-order chi connectivity index (χ0) is 16.8. The number of hydrazone groups is 1. The predicted octanol–water partition coefficient (Wildman–Crippen LogP) is 4.57. The Morgan fingerprint density at radius 2 is 1.74 bits per heavy atom. The van der Waals surface area contributed by atoms with Crippen LogP contribution in [0.25, 0.3) is 0 Å². The highest BCUT2D eigenvalue weighted by Gasteiger charge is 2.06. The summed E-state index contributed by atoms with van der Waals surface area (Å²) in [6.45, 7) is 1.55. The SMILES string of the molecule is C/C(=N\NC(=O)COc1cc(Cl)ccc1Cl)c1ccc(Cl)cc1. The molecule has 2 aromatic rings. The Morgan fingerprint density at radius 3 is 2.43 bits per heavy atom. The van der Waals surface area contributed by atoms with Gasteiger partial charge in [0, 0.05) is 16.1 Å². The molecule has 2 rings (SSSR count). The van der Waals surface area contributed by atoms with Gasteiger partial charge in [-0.15, -0.1) is 0 Å². The topological polar surface area (TPSA) is 50.7 Å². The van der Waals surface area contributed by atoms with Crippen molar-refractivity contribution >= 4 is 46.4 Å². The van der Waals surface area contributed by atoms with Gasteiger partial charge >= 0.3 is 0 Å². The summed E-state index contributed by atoms with van der Waals surface area (Å²) in [5, 5.41) is 5.50. The van der Waals surface area contributed by atoms with Crippen molar-refractivity contribution in [3.05, 3.63) is 63.1 Å². The molecular formula is C16H13Cl3N2O2. The minimum absolute atomic E-state index is 0.225. The van der Waals surface area contributed by atoms with E-state index in [0.29, 0.717) is 26.5 Å². The van der Waals surface area contributed by atoms with Crippen LogP contribution in [0.15, 0.2) is 47.6 Å². The number of hydrogen-bond donors (Lipinski definition) is 1. The molecule has 0 saturated carbocycles. The van der Waals surface area contributed by atoms with Crippen LogP contribution in [0.4, 0.5) is 0 Å². The van der Waals surface area contributed by atoms with Gasteiger partial charge in [-0.1, -0.05) is 46.9 Å². The standard InChI is InChI=1S/C16H13Cl3N2O2/c1-10(11-2-4-12(17)5-3-11)20-21-16(22)9-23-15-8-13(18)6-7-14(15)19/h2-8H,9H2,1H3,(H,21,22)/b20-10+. The molecule has 0 bridgehead atoms. The first-order valence-electron chi connectivity index (χ1n) is 6.62. The first-order chi connectivity index (χ1) is 11.0. The number of carbonyl (C=O) groups excluding carboxylic acids is 1. The van der Waals surface area contributed by atoms with Gasteiger partial charge in [-0.05, 0) is 36.8 Å². The molecule has 0 heterocycles. The number of benzene rings is 2. The molecule has 4 nitrogen and oxygen atoms in total. The van der Waals surface area contributed by atoms with Gasteiger partial charge in [0.2, 0.25) is 0 Å². The number of carbonyl (C=O) groups is 1. The number of nitrogens with zero attached hydrogens (tertiary/aromatic N) is 1. The van der Waals surface area contributed by atoms with Gasteiger partial charge in [-0.3, -0.25) is 4.79 Å². The largest absolute Gasteiger partial charge is 0.482 e. The summed E-state index contributed by atoms with van der Waals surface area (Å²) >= 11 is 17.6. The van der Waals surface area contributed by atoms with Crippen LogP contribution in [0.1, 0.15) is 12.5 Å². The average molecular weight is 372 g/mol. The third kappa shape index (κ3) is 5.43. The second-order valence-electron chi connectivity index (χ2n) is 4.60. The maximum absolute atomic E-state index is 11.8. The number of hydrogen-bond acceptors (Lipinski definition) is 3. The lowest BCUT2D eigenvalue weighted by molar-refractivity contribution is -0.123. The minimum atomic E-state index is -0.408. The molecule has 0 unspecified atom stereocenters. The highest BCUT2D eigenvalue weighted by atomic mass is 35.5. The minimum Gasteiger partial charge on any atom is -0.482 e. The van der Waals surface area contributed by atoms with Crippen molar-refractivity contribution in [2.45, 2.75) is 6.92 Å². The number of amides is 1. The fourth-order valence-electron chi connectivity index (χ4n) is 1.67. The molecular weight excluding hydrogens is 359 g/mol. The molecule has 7 heteroatoms. The van der Waals surface area contributed by atoms with Crippen molar-refractivity contribution in [1.82, 2.24) is 5.43 Å². The molecule has 0 aliphatic heterocycles. The van der Waals surface area contributed by atoms with Crippen molar-refractivity contribution in [2.75, 3.05) is 6.61 Å². The summed E-state index contributed by atoms with van der Waals surface area (Å²) in [5.74, 6) is -0.0675. The van der Waals surface area contributed by atoms with Crippen LogP contribution in [0, 0.1) is 0 Å². The second kappa shape index (κ2) is 8.20. The number of nitrogens with one attached hydrogen (secondary N) is 1. The van der Waals surface area contributed by atoms with Crippen LogP contribution < -0.4 is 10.2 Å². The molecule has 0 fully saturated rings. The molecule has 0 spiro atoms.